The maximum absolute atomic E-state index is 12.4. The van der Waals surface area contributed by atoms with E-state index in [-0.39, 0.29) is 5.03 Å². The highest BCUT2D eigenvalue weighted by Gasteiger charge is 2.31. The average Bonchev–Trinajstić information content (AvgIpc) is 2.61. The molecule has 3 rings (SSSR count). The highest BCUT2D eigenvalue weighted by atomic mass is 32.2. The van der Waals surface area contributed by atoms with Crippen molar-refractivity contribution in [3.05, 3.63) is 42.6 Å². The van der Waals surface area contributed by atoms with Crippen LogP contribution in [0.15, 0.2) is 47.6 Å². The molecule has 1 aromatic heterocycles. The Morgan fingerprint density at radius 1 is 1.17 bits per heavy atom. The molecule has 0 unspecified atom stereocenters. The highest BCUT2D eigenvalue weighted by molar-refractivity contribution is 7.92. The summed E-state index contributed by atoms with van der Waals surface area (Å²) in [6.07, 6.45) is 1.37. The van der Waals surface area contributed by atoms with Gasteiger partial charge >= 0.3 is 0 Å². The zero-order chi connectivity index (χ0) is 17.2. The first-order valence-corrected chi connectivity index (χ1v) is 8.88. The zero-order valence-electron chi connectivity index (χ0n) is 12.9. The molecule has 0 saturated heterocycles. The molecule has 1 aliphatic rings. The number of fused-ring (bicyclic) bond motifs is 1. The topological polar surface area (TPSA) is 94.6 Å². The van der Waals surface area contributed by atoms with Crippen LogP contribution in [0.5, 0.6) is 11.5 Å². The maximum Gasteiger partial charge on any atom is 0.242 e. The molecule has 8 heteroatoms. The molecule has 2 heterocycles. The largest absolute Gasteiger partial charge is 0.486 e. The zero-order valence-corrected chi connectivity index (χ0v) is 13.7. The van der Waals surface area contributed by atoms with Gasteiger partial charge in [0.1, 0.15) is 18.5 Å². The van der Waals surface area contributed by atoms with Gasteiger partial charge in [0.05, 0.1) is 0 Å². The molecular weight excluding hydrogens is 332 g/mol. The predicted octanol–water partition coefficient (Wildman–Crippen LogP) is 1.65. The van der Waals surface area contributed by atoms with Crippen molar-refractivity contribution in [1.82, 2.24) is 4.98 Å². The molecule has 0 radical (unpaired) electrons. The summed E-state index contributed by atoms with van der Waals surface area (Å²) in [6.45, 7) is 2.23. The smallest absolute Gasteiger partial charge is 0.242 e. The Morgan fingerprint density at radius 2 is 1.92 bits per heavy atom. The summed E-state index contributed by atoms with van der Waals surface area (Å²) in [6, 6.07) is 9.44. The van der Waals surface area contributed by atoms with Crippen LogP contribution in [0, 0.1) is 0 Å². The van der Waals surface area contributed by atoms with E-state index in [4.69, 9.17) is 9.47 Å². The van der Waals surface area contributed by atoms with E-state index in [0.29, 0.717) is 30.4 Å². The van der Waals surface area contributed by atoms with Crippen molar-refractivity contribution >= 4 is 21.4 Å². The Labute approximate surface area is 139 Å². The van der Waals surface area contributed by atoms with Crippen LogP contribution in [0.25, 0.3) is 0 Å². The number of rotatable bonds is 4. The first-order chi connectivity index (χ1) is 11.5. The minimum atomic E-state index is -3.85. The monoisotopic (exact) mass is 348 g/mol. The fourth-order valence-electron chi connectivity index (χ4n) is 2.20. The maximum atomic E-state index is 12.4. The first kappa shape index (κ1) is 16.3. The van der Waals surface area contributed by atoms with Crippen LogP contribution in [-0.4, -0.2) is 37.8 Å². The number of amides is 1. The normalized spacial score (nSPS) is 14.7. The van der Waals surface area contributed by atoms with E-state index in [1.807, 2.05) is 0 Å². The Morgan fingerprint density at radius 3 is 2.62 bits per heavy atom. The van der Waals surface area contributed by atoms with Gasteiger partial charge in [-0.2, -0.15) is 0 Å². The number of carbonyl (C=O) groups is 1. The van der Waals surface area contributed by atoms with E-state index in [1.165, 1.54) is 19.2 Å². The van der Waals surface area contributed by atoms with Crippen molar-refractivity contribution in [3.8, 4) is 11.5 Å². The molecule has 24 heavy (non-hydrogen) atoms. The number of benzene rings is 1. The minimum Gasteiger partial charge on any atom is -0.486 e. The third-order valence-electron chi connectivity index (χ3n) is 3.57. The average molecular weight is 348 g/mol. The van der Waals surface area contributed by atoms with Gasteiger partial charge in [-0.15, -0.1) is 0 Å². The summed E-state index contributed by atoms with van der Waals surface area (Å²) in [5.41, 5.74) is 0.437. The summed E-state index contributed by atoms with van der Waals surface area (Å²) in [5.74, 6) is 0.463. The molecule has 0 spiro atoms. The van der Waals surface area contributed by atoms with Gasteiger partial charge in [-0.3, -0.25) is 4.79 Å². The van der Waals surface area contributed by atoms with Crippen LogP contribution in [0.4, 0.5) is 5.69 Å². The van der Waals surface area contributed by atoms with Crippen LogP contribution in [0.3, 0.4) is 0 Å². The molecule has 7 nitrogen and oxygen atoms in total. The van der Waals surface area contributed by atoms with Crippen molar-refractivity contribution in [2.24, 2.45) is 0 Å². The lowest BCUT2D eigenvalue weighted by Crippen LogP contribution is -2.33. The van der Waals surface area contributed by atoms with Crippen LogP contribution in [0.2, 0.25) is 0 Å². The van der Waals surface area contributed by atoms with Gasteiger partial charge in [0.2, 0.25) is 15.7 Å². The number of anilines is 1. The van der Waals surface area contributed by atoms with Gasteiger partial charge in [-0.05, 0) is 31.2 Å². The molecule has 0 saturated carbocycles. The van der Waals surface area contributed by atoms with E-state index >= 15 is 0 Å². The molecular formula is C16H16N2O5S. The number of nitrogens with one attached hydrogen (secondary N) is 1. The Balaban J connectivity index is 1.77. The summed E-state index contributed by atoms with van der Waals surface area (Å²) >= 11 is 0. The quantitative estimate of drug-likeness (QED) is 0.903. The number of hydrogen-bond donors (Lipinski definition) is 1. The van der Waals surface area contributed by atoms with Gasteiger partial charge < -0.3 is 14.8 Å². The fraction of sp³-hybridized carbons (Fsp3) is 0.250. The van der Waals surface area contributed by atoms with E-state index in [2.05, 4.69) is 10.3 Å². The third kappa shape index (κ3) is 3.18. The number of nitrogens with zero attached hydrogens (tertiary/aromatic N) is 1. The van der Waals surface area contributed by atoms with Crippen LogP contribution >= 0.6 is 0 Å². The van der Waals surface area contributed by atoms with E-state index < -0.39 is 21.0 Å². The standard InChI is InChI=1S/C16H16N2O5S/c1-11(24(20,21)15-4-2-3-7-17-15)16(19)18-12-5-6-13-14(10-12)23-9-8-22-13/h2-7,10-11H,8-9H2,1H3,(H,18,19)/t11-/m0/s1. The van der Waals surface area contributed by atoms with Crippen molar-refractivity contribution in [2.75, 3.05) is 18.5 Å². The molecule has 0 fully saturated rings. The summed E-state index contributed by atoms with van der Waals surface area (Å²) < 4.78 is 35.7. The summed E-state index contributed by atoms with van der Waals surface area (Å²) in [4.78, 5) is 16.1. The lowest BCUT2D eigenvalue weighted by Gasteiger charge is -2.19. The van der Waals surface area contributed by atoms with Crippen LogP contribution < -0.4 is 14.8 Å². The molecule has 1 N–H and O–H groups in total. The molecule has 1 atom stereocenters. The van der Waals surface area contributed by atoms with Crippen LogP contribution in [0.1, 0.15) is 6.92 Å². The number of pyridine rings is 1. The number of ether oxygens (including phenoxy) is 2. The lowest BCUT2D eigenvalue weighted by atomic mass is 10.2. The predicted molar refractivity (Wildman–Crippen MR) is 86.9 cm³/mol. The second kappa shape index (κ2) is 6.48. The second-order valence-corrected chi connectivity index (χ2v) is 7.42. The van der Waals surface area contributed by atoms with Crippen molar-refractivity contribution < 1.29 is 22.7 Å². The number of hydrogen-bond acceptors (Lipinski definition) is 6. The molecule has 126 valence electrons. The second-order valence-electron chi connectivity index (χ2n) is 5.20. The van der Waals surface area contributed by atoms with E-state index in [0.717, 1.165) is 0 Å². The molecule has 0 bridgehead atoms. The highest BCUT2D eigenvalue weighted by Crippen LogP contribution is 2.32. The minimum absolute atomic E-state index is 0.130. The molecule has 1 amide bonds. The SMILES string of the molecule is C[C@@H](C(=O)Nc1ccc2c(c1)OCCO2)S(=O)(=O)c1ccccn1. The Bertz CT molecular complexity index is 852. The number of sulfone groups is 1. The third-order valence-corrected chi connectivity index (χ3v) is 5.54. The summed E-state index contributed by atoms with van der Waals surface area (Å²) in [7, 11) is -3.85. The van der Waals surface area contributed by atoms with E-state index in [1.54, 1.807) is 30.3 Å². The van der Waals surface area contributed by atoms with Crippen LogP contribution in [-0.2, 0) is 14.6 Å². The van der Waals surface area contributed by atoms with Gasteiger partial charge in [0, 0.05) is 18.0 Å². The number of carbonyl (C=O) groups excluding carboxylic acids is 1. The van der Waals surface area contributed by atoms with Gasteiger partial charge in [0.15, 0.2) is 16.5 Å². The molecule has 2 aromatic rings. The Hall–Kier alpha value is -2.61. The molecule has 1 aromatic carbocycles. The molecule has 0 aliphatic carbocycles. The van der Waals surface area contributed by atoms with Crippen molar-refractivity contribution in [3.63, 3.8) is 0 Å². The van der Waals surface area contributed by atoms with E-state index in [9.17, 15) is 13.2 Å². The van der Waals surface area contributed by atoms with Crippen molar-refractivity contribution in [2.45, 2.75) is 17.2 Å². The fourth-order valence-corrected chi connectivity index (χ4v) is 3.38. The van der Waals surface area contributed by atoms with Gasteiger partial charge in [-0.1, -0.05) is 6.07 Å². The number of aromatic nitrogens is 1. The van der Waals surface area contributed by atoms with Crippen molar-refractivity contribution in [1.29, 1.82) is 0 Å². The van der Waals surface area contributed by atoms with Gasteiger partial charge in [-0.25, -0.2) is 13.4 Å². The Kier molecular flexibility index (Phi) is 4.39. The first-order valence-electron chi connectivity index (χ1n) is 7.34. The lowest BCUT2D eigenvalue weighted by molar-refractivity contribution is -0.115. The van der Waals surface area contributed by atoms with Gasteiger partial charge in [0.25, 0.3) is 0 Å². The summed E-state index contributed by atoms with van der Waals surface area (Å²) in [5, 5.41) is 1.18. The molecule has 1 aliphatic heterocycles.